The molecule has 1 saturated heterocycles. The molecule has 2 heterocycles. The van der Waals surface area contributed by atoms with Gasteiger partial charge in [0.05, 0.1) is 11.5 Å². The lowest BCUT2D eigenvalue weighted by molar-refractivity contribution is -0.142. The molecule has 1 spiro atoms. The van der Waals surface area contributed by atoms with E-state index in [1.165, 1.54) is 0 Å². The third kappa shape index (κ3) is 1.11. The quantitative estimate of drug-likeness (QED) is 0.408. The van der Waals surface area contributed by atoms with E-state index in [0.29, 0.717) is 0 Å². The van der Waals surface area contributed by atoms with Crippen LogP contribution in [0.2, 0.25) is 0 Å². The number of fused-ring (bicyclic) bond motifs is 2. The van der Waals surface area contributed by atoms with E-state index in [1.54, 1.807) is 0 Å². The van der Waals surface area contributed by atoms with Gasteiger partial charge in [-0.1, -0.05) is 11.6 Å². The molecule has 1 saturated carbocycles. The zero-order chi connectivity index (χ0) is 13.6. The topological polar surface area (TPSA) is 59.1 Å². The monoisotopic (exact) mass is 262 g/mol. The Balaban J connectivity index is 1.87. The number of ether oxygens (including phenoxy) is 2. The second-order valence-corrected chi connectivity index (χ2v) is 6.44. The Morgan fingerprint density at radius 2 is 2.16 bits per heavy atom. The molecule has 0 radical (unpaired) electrons. The minimum Gasteiger partial charge on any atom is -0.454 e. The Hall–Kier alpha value is -1.13. The molecule has 4 aliphatic rings. The predicted molar refractivity (Wildman–Crippen MR) is 67.3 cm³/mol. The van der Waals surface area contributed by atoms with Gasteiger partial charge in [-0.05, 0) is 39.2 Å². The van der Waals surface area contributed by atoms with Crippen molar-refractivity contribution in [1.82, 2.24) is 0 Å². The molecule has 0 aromatic heterocycles. The first kappa shape index (κ1) is 11.7. The first-order chi connectivity index (χ1) is 8.91. The van der Waals surface area contributed by atoms with Crippen molar-refractivity contribution >= 4 is 5.97 Å². The van der Waals surface area contributed by atoms with E-state index in [-0.39, 0.29) is 23.6 Å². The van der Waals surface area contributed by atoms with Crippen molar-refractivity contribution in [2.24, 2.45) is 5.92 Å². The highest BCUT2D eigenvalue weighted by Crippen LogP contribution is 2.66. The summed E-state index contributed by atoms with van der Waals surface area (Å²) >= 11 is 0. The summed E-state index contributed by atoms with van der Waals surface area (Å²) in [4.78, 5) is 11.8. The Morgan fingerprint density at radius 3 is 2.89 bits per heavy atom. The van der Waals surface area contributed by atoms with Gasteiger partial charge in [-0.25, -0.2) is 4.79 Å². The molecule has 2 aliphatic heterocycles. The molecule has 2 fully saturated rings. The fourth-order valence-electron chi connectivity index (χ4n) is 4.41. The van der Waals surface area contributed by atoms with Crippen molar-refractivity contribution in [3.05, 3.63) is 22.8 Å². The zero-order valence-electron chi connectivity index (χ0n) is 11.4. The number of hydrogen-bond donors (Lipinski definition) is 1. The van der Waals surface area contributed by atoms with Gasteiger partial charge in [-0.15, -0.1) is 0 Å². The molecule has 0 aromatic rings. The summed E-state index contributed by atoms with van der Waals surface area (Å²) in [6.07, 6.45) is 2.67. The standard InChI is InChI=1S/C15H18O4/c1-7-6-10(16)15-11(7)12-9(8(2)13(17)18-12)4-5-14(15,3)19-15/h6,10-12,16H,4-5H2,1-3H3/t10-,11-,12+,14-,15+/m1/s1. The van der Waals surface area contributed by atoms with Crippen LogP contribution in [0.5, 0.6) is 0 Å². The molecule has 19 heavy (non-hydrogen) atoms. The van der Waals surface area contributed by atoms with E-state index in [2.05, 4.69) is 6.92 Å². The zero-order valence-corrected chi connectivity index (χ0v) is 11.4. The van der Waals surface area contributed by atoms with E-state index < -0.39 is 11.7 Å². The van der Waals surface area contributed by atoms with Gasteiger partial charge in [-0.2, -0.15) is 0 Å². The van der Waals surface area contributed by atoms with Crippen molar-refractivity contribution in [2.45, 2.75) is 57.0 Å². The summed E-state index contributed by atoms with van der Waals surface area (Å²) in [5.41, 5.74) is 2.06. The van der Waals surface area contributed by atoms with Gasteiger partial charge >= 0.3 is 5.97 Å². The van der Waals surface area contributed by atoms with Gasteiger partial charge in [0.2, 0.25) is 0 Å². The number of carbonyl (C=O) groups excluding carboxylic acids is 1. The molecule has 0 aromatic carbocycles. The average molecular weight is 262 g/mol. The third-order valence-electron chi connectivity index (χ3n) is 5.53. The first-order valence-corrected chi connectivity index (χ1v) is 6.88. The van der Waals surface area contributed by atoms with E-state index in [1.807, 2.05) is 19.9 Å². The SMILES string of the molecule is CC1=C[C@@H](O)[C@@]23O[C@]2(C)CCC2=C(C)C(=O)O[C@@H]2[C@@H]13. The summed E-state index contributed by atoms with van der Waals surface area (Å²) in [6, 6.07) is 0. The predicted octanol–water partition coefficient (Wildman–Crippen LogP) is 1.49. The van der Waals surface area contributed by atoms with Crippen LogP contribution in [0.25, 0.3) is 0 Å². The fraction of sp³-hybridized carbons (Fsp3) is 0.667. The summed E-state index contributed by atoms with van der Waals surface area (Å²) in [6.45, 7) is 5.90. The lowest BCUT2D eigenvalue weighted by Gasteiger charge is -2.27. The fourth-order valence-corrected chi connectivity index (χ4v) is 4.41. The maximum Gasteiger partial charge on any atom is 0.334 e. The van der Waals surface area contributed by atoms with Gasteiger partial charge in [0.15, 0.2) is 0 Å². The van der Waals surface area contributed by atoms with Crippen LogP contribution in [-0.4, -0.2) is 34.5 Å². The molecule has 4 nitrogen and oxygen atoms in total. The molecular weight excluding hydrogens is 244 g/mol. The Labute approximate surface area is 112 Å². The molecule has 0 amide bonds. The molecule has 4 rings (SSSR count). The van der Waals surface area contributed by atoms with Gasteiger partial charge in [0.1, 0.15) is 17.8 Å². The Kier molecular flexibility index (Phi) is 1.92. The number of hydrogen-bond acceptors (Lipinski definition) is 4. The minimum absolute atomic E-state index is 0.0357. The van der Waals surface area contributed by atoms with Gasteiger partial charge in [0.25, 0.3) is 0 Å². The van der Waals surface area contributed by atoms with E-state index in [0.717, 1.165) is 29.6 Å². The van der Waals surface area contributed by atoms with Crippen molar-refractivity contribution in [1.29, 1.82) is 0 Å². The minimum atomic E-state index is -0.596. The van der Waals surface area contributed by atoms with Crippen LogP contribution >= 0.6 is 0 Å². The molecular formula is C15H18O4. The lowest BCUT2D eigenvalue weighted by atomic mass is 9.78. The van der Waals surface area contributed by atoms with E-state index in [4.69, 9.17) is 9.47 Å². The lowest BCUT2D eigenvalue weighted by Crippen LogP contribution is -2.42. The Morgan fingerprint density at radius 1 is 1.42 bits per heavy atom. The summed E-state index contributed by atoms with van der Waals surface area (Å²) in [7, 11) is 0. The van der Waals surface area contributed by atoms with Crippen molar-refractivity contribution in [2.75, 3.05) is 0 Å². The van der Waals surface area contributed by atoms with E-state index in [9.17, 15) is 9.90 Å². The van der Waals surface area contributed by atoms with Gasteiger partial charge < -0.3 is 14.6 Å². The van der Waals surface area contributed by atoms with Crippen molar-refractivity contribution in [3.63, 3.8) is 0 Å². The number of esters is 1. The highest BCUT2D eigenvalue weighted by molar-refractivity contribution is 5.92. The van der Waals surface area contributed by atoms with Crippen LogP contribution in [0.4, 0.5) is 0 Å². The Bertz CT molecular complexity index is 560. The summed E-state index contributed by atoms with van der Waals surface area (Å²) < 4.78 is 11.6. The number of aliphatic hydroxyl groups is 1. The van der Waals surface area contributed by atoms with Crippen LogP contribution in [0.3, 0.4) is 0 Å². The normalized spacial score (nSPS) is 51.1. The second-order valence-electron chi connectivity index (χ2n) is 6.44. The van der Waals surface area contributed by atoms with Crippen LogP contribution in [0.1, 0.15) is 33.6 Å². The number of rotatable bonds is 0. The highest BCUT2D eigenvalue weighted by Gasteiger charge is 2.78. The average Bonchev–Trinajstić information content (AvgIpc) is 2.77. The first-order valence-electron chi connectivity index (χ1n) is 6.88. The third-order valence-corrected chi connectivity index (χ3v) is 5.53. The molecule has 0 unspecified atom stereocenters. The molecule has 0 bridgehead atoms. The number of carbonyl (C=O) groups is 1. The maximum atomic E-state index is 11.8. The molecule has 5 atom stereocenters. The number of epoxide rings is 1. The van der Waals surface area contributed by atoms with Gasteiger partial charge in [0, 0.05) is 5.57 Å². The van der Waals surface area contributed by atoms with Crippen LogP contribution in [0, 0.1) is 5.92 Å². The van der Waals surface area contributed by atoms with E-state index >= 15 is 0 Å². The molecule has 2 aliphatic carbocycles. The highest BCUT2D eigenvalue weighted by atomic mass is 16.6. The van der Waals surface area contributed by atoms with Crippen LogP contribution < -0.4 is 0 Å². The largest absolute Gasteiger partial charge is 0.454 e. The van der Waals surface area contributed by atoms with Crippen LogP contribution in [0.15, 0.2) is 22.8 Å². The van der Waals surface area contributed by atoms with Crippen molar-refractivity contribution < 1.29 is 19.4 Å². The molecule has 102 valence electrons. The molecule has 1 N–H and O–H groups in total. The second kappa shape index (κ2) is 3.13. The molecule has 4 heteroatoms. The summed E-state index contributed by atoms with van der Waals surface area (Å²) in [5, 5.41) is 10.4. The summed E-state index contributed by atoms with van der Waals surface area (Å²) in [5.74, 6) is -0.250. The van der Waals surface area contributed by atoms with Crippen LogP contribution in [-0.2, 0) is 14.3 Å². The smallest absolute Gasteiger partial charge is 0.334 e. The number of aliphatic hydroxyl groups excluding tert-OH is 1. The van der Waals surface area contributed by atoms with Gasteiger partial charge in [-0.3, -0.25) is 0 Å². The maximum absolute atomic E-state index is 11.8. The van der Waals surface area contributed by atoms with Crippen molar-refractivity contribution in [3.8, 4) is 0 Å².